The van der Waals surface area contributed by atoms with Gasteiger partial charge in [0.2, 0.25) is 0 Å². The number of hydrogen-bond donors (Lipinski definition) is 0. The van der Waals surface area contributed by atoms with Gasteiger partial charge < -0.3 is 0 Å². The average Bonchev–Trinajstić information content (AvgIpc) is 1.57. The van der Waals surface area contributed by atoms with Gasteiger partial charge in [-0.3, -0.25) is 14.6 Å². The number of nitrogens with zero attached hydrogens (tertiary/aromatic N) is 1. The molecule has 0 bridgehead atoms. The first kappa shape index (κ1) is 89.2. The molecule has 14 aromatic rings. The van der Waals surface area contributed by atoms with Gasteiger partial charge in [0.1, 0.15) is 0 Å². The minimum absolute atomic E-state index is 0.108. The molecule has 0 saturated carbocycles. The fourth-order valence-corrected chi connectivity index (χ4v) is 13.4. The van der Waals surface area contributed by atoms with Crippen LogP contribution >= 0.6 is 0 Å². The standard InChI is InChI=1S/2C16H16O.2C15H16.C14H14.C13H13N.2C13H14/c1-3-13-4-6-15(7-5-13)16-10-8-14(9-11-16)12(2)17;1-3-13-7-9-14(10-8-13)16-6-4-5-15(11-16)12(2)17;1-3-13-6-10-15(11-7-13)14-8-4-12(2)5-9-14;1-3-13-7-9-14(10-8-13)15-6-4-5-12(2)11-15;1-2-12-8-10-14(11-9-12)13-6-4-3-5-7-13;1-2-11-5-7-12(8-6-11)13-4-3-9-14-10-13;2*1-2-11-7-9-13(10-8-11)12-5-3-4-6-12/h2*4-11H,3H2,1-2H3;2*4-11H,3H2,1-2H3;3-11H,2H2,1H3;3-10H,2H2,1H3;2*3,5-10H,2,4H2,1H3. The molecule has 118 heavy (non-hydrogen) atoms. The number of rotatable bonds is 18. The lowest BCUT2D eigenvalue weighted by molar-refractivity contribution is 0.100. The third-order valence-electron chi connectivity index (χ3n) is 21.2. The van der Waals surface area contributed by atoms with Crippen LogP contribution in [0.5, 0.6) is 0 Å². The normalized spacial score (nSPS) is 11.2. The SMILES string of the molecule is CCc1ccc(-c2ccc(C(C)=O)cc2)cc1.CCc1ccc(-c2ccc(C)cc2)cc1.CCc1ccc(-c2cccc(C(C)=O)c2)cc1.CCc1ccc(-c2cccc(C)c2)cc1.CCc1ccc(-c2ccccc2)cc1.CCc1ccc(-c2cccnc2)cc1.CCc1ccc(C2=CCC=C2)cc1.CCc1ccc(C2=CCC=C2)cc1. The predicted molar refractivity (Wildman–Crippen MR) is 510 cm³/mol. The lowest BCUT2D eigenvalue weighted by Crippen LogP contribution is -1.91. The van der Waals surface area contributed by atoms with Gasteiger partial charge in [-0.25, -0.2) is 0 Å². The summed E-state index contributed by atoms with van der Waals surface area (Å²) in [5.74, 6) is 0.218. The van der Waals surface area contributed by atoms with E-state index in [1.54, 1.807) is 20.0 Å². The molecule has 2 aliphatic rings. The topological polar surface area (TPSA) is 47.0 Å². The van der Waals surface area contributed by atoms with Gasteiger partial charge in [-0.05, 0) is 238 Å². The number of aryl methyl sites for hydroxylation is 10. The number of ketones is 2. The van der Waals surface area contributed by atoms with E-state index in [4.69, 9.17) is 0 Å². The Morgan fingerprint density at radius 3 is 0.814 bits per heavy atom. The Balaban J connectivity index is 0.000000154. The van der Waals surface area contributed by atoms with Gasteiger partial charge in [0.25, 0.3) is 0 Å². The van der Waals surface area contributed by atoms with E-state index in [1.165, 1.54) is 128 Å². The van der Waals surface area contributed by atoms with Gasteiger partial charge in [0.05, 0.1) is 0 Å². The molecule has 3 heteroatoms. The maximum atomic E-state index is 11.3. The maximum absolute atomic E-state index is 11.3. The zero-order valence-electron chi connectivity index (χ0n) is 71.7. The highest BCUT2D eigenvalue weighted by Crippen LogP contribution is 2.29. The Bertz CT molecular complexity index is 5260. The summed E-state index contributed by atoms with van der Waals surface area (Å²) < 4.78 is 0. The summed E-state index contributed by atoms with van der Waals surface area (Å²) in [6.07, 6.45) is 27.9. The number of carbonyl (C=O) groups excluding carboxylic acids is 2. The predicted octanol–water partition coefficient (Wildman–Crippen LogP) is 31.1. The quantitative estimate of drug-likeness (QED) is 0.0805. The molecule has 0 atom stereocenters. The summed E-state index contributed by atoms with van der Waals surface area (Å²) in [6, 6.07) is 117. The van der Waals surface area contributed by atoms with Crippen molar-refractivity contribution in [1.82, 2.24) is 4.98 Å². The molecule has 0 unspecified atom stereocenters. The molecule has 0 amide bonds. The Hall–Kier alpha value is -12.7. The lowest BCUT2D eigenvalue weighted by atomic mass is 10.0. The van der Waals surface area contributed by atoms with Crippen molar-refractivity contribution in [1.29, 1.82) is 0 Å². The number of allylic oxidation sites excluding steroid dienone is 8. The summed E-state index contributed by atoms with van der Waals surface area (Å²) in [7, 11) is 0. The molecule has 13 aromatic carbocycles. The van der Waals surface area contributed by atoms with E-state index in [0.717, 1.165) is 92.0 Å². The summed E-state index contributed by atoms with van der Waals surface area (Å²) in [5, 5.41) is 0. The molecule has 596 valence electrons. The Morgan fingerprint density at radius 2 is 0.517 bits per heavy atom. The molecular weight excluding hydrogens is 1430 g/mol. The van der Waals surface area contributed by atoms with E-state index >= 15 is 0 Å². The second kappa shape index (κ2) is 48.6. The number of pyridine rings is 1. The number of Topliss-reactive ketones (excluding diaryl/α,β-unsaturated/α-hetero) is 2. The average molecular weight is 1550 g/mol. The van der Waals surface area contributed by atoms with Gasteiger partial charge in [-0.2, -0.15) is 0 Å². The van der Waals surface area contributed by atoms with E-state index < -0.39 is 0 Å². The van der Waals surface area contributed by atoms with E-state index in [1.807, 2.05) is 66.9 Å². The van der Waals surface area contributed by atoms with Crippen molar-refractivity contribution in [3.8, 4) is 66.8 Å². The highest BCUT2D eigenvalue weighted by molar-refractivity contribution is 5.95. The first-order valence-electron chi connectivity index (χ1n) is 42.4. The molecule has 1 heterocycles. The summed E-state index contributed by atoms with van der Waals surface area (Å²) >= 11 is 0. The van der Waals surface area contributed by atoms with Crippen LogP contribution in [0, 0.1) is 13.8 Å². The monoisotopic (exact) mass is 1550 g/mol. The van der Waals surface area contributed by atoms with Crippen molar-refractivity contribution in [3.63, 3.8) is 0 Å². The smallest absolute Gasteiger partial charge is 0.159 e. The first-order valence-corrected chi connectivity index (χ1v) is 42.4. The molecule has 0 saturated heterocycles. The Kier molecular flexibility index (Phi) is 36.8. The van der Waals surface area contributed by atoms with Crippen molar-refractivity contribution in [2.45, 2.75) is 147 Å². The molecule has 2 aliphatic carbocycles. The van der Waals surface area contributed by atoms with Crippen LogP contribution in [-0.2, 0) is 51.4 Å². The van der Waals surface area contributed by atoms with Crippen LogP contribution in [-0.4, -0.2) is 16.6 Å². The molecule has 16 rings (SSSR count). The van der Waals surface area contributed by atoms with Crippen LogP contribution in [0.4, 0.5) is 0 Å². The highest BCUT2D eigenvalue weighted by atomic mass is 16.1. The summed E-state index contributed by atoms with van der Waals surface area (Å²) in [6.45, 7) is 24.8. The van der Waals surface area contributed by atoms with Crippen molar-refractivity contribution in [2.75, 3.05) is 0 Å². The minimum atomic E-state index is 0.108. The van der Waals surface area contributed by atoms with Gasteiger partial charge in [-0.15, -0.1) is 0 Å². The van der Waals surface area contributed by atoms with E-state index in [-0.39, 0.29) is 11.6 Å². The maximum Gasteiger partial charge on any atom is 0.159 e. The molecule has 0 N–H and O–H groups in total. The minimum Gasteiger partial charge on any atom is -0.295 e. The van der Waals surface area contributed by atoms with E-state index in [2.05, 4.69) is 384 Å². The molecule has 1 aromatic heterocycles. The largest absolute Gasteiger partial charge is 0.295 e. The van der Waals surface area contributed by atoms with Crippen molar-refractivity contribution >= 4 is 22.7 Å². The lowest BCUT2D eigenvalue weighted by Gasteiger charge is -2.04. The number of aromatic nitrogens is 1. The van der Waals surface area contributed by atoms with E-state index in [0.29, 0.717) is 0 Å². The van der Waals surface area contributed by atoms with E-state index in [9.17, 15) is 9.59 Å². The van der Waals surface area contributed by atoms with Crippen LogP contribution in [0.3, 0.4) is 0 Å². The third kappa shape index (κ3) is 28.9. The number of carbonyl (C=O) groups is 2. The summed E-state index contributed by atoms with van der Waals surface area (Å²) in [5.41, 5.74) is 35.4. The van der Waals surface area contributed by atoms with Gasteiger partial charge in [-0.1, -0.05) is 424 Å². The zero-order chi connectivity index (χ0) is 83.6. The Labute approximate surface area is 707 Å². The zero-order valence-corrected chi connectivity index (χ0v) is 71.7. The third-order valence-corrected chi connectivity index (χ3v) is 21.2. The molecule has 0 aliphatic heterocycles. The molecule has 0 radical (unpaired) electrons. The van der Waals surface area contributed by atoms with Crippen LogP contribution in [0.1, 0.15) is 170 Å². The fraction of sp³-hybridized carbons (Fsp3) is 0.191. The van der Waals surface area contributed by atoms with Gasteiger partial charge in [0.15, 0.2) is 11.6 Å². The van der Waals surface area contributed by atoms with Crippen molar-refractivity contribution < 1.29 is 9.59 Å². The molecule has 3 nitrogen and oxygen atoms in total. The molecular formula is C115H119NO2. The summed E-state index contributed by atoms with van der Waals surface area (Å²) in [4.78, 5) is 26.6. The number of hydrogen-bond acceptors (Lipinski definition) is 3. The van der Waals surface area contributed by atoms with Crippen LogP contribution in [0.2, 0.25) is 0 Å². The first-order chi connectivity index (χ1) is 57.6. The highest BCUT2D eigenvalue weighted by Gasteiger charge is 2.08. The van der Waals surface area contributed by atoms with Crippen LogP contribution in [0.15, 0.2) is 382 Å². The fourth-order valence-electron chi connectivity index (χ4n) is 13.4. The van der Waals surface area contributed by atoms with Crippen molar-refractivity contribution in [2.24, 2.45) is 0 Å². The number of benzene rings is 13. The molecule has 0 spiro atoms. The Morgan fingerprint density at radius 1 is 0.246 bits per heavy atom. The second-order valence-corrected chi connectivity index (χ2v) is 29.6. The van der Waals surface area contributed by atoms with Crippen molar-refractivity contribution in [3.05, 3.63) is 460 Å². The van der Waals surface area contributed by atoms with Gasteiger partial charge in [0, 0.05) is 23.5 Å². The van der Waals surface area contributed by atoms with Crippen LogP contribution < -0.4 is 0 Å². The van der Waals surface area contributed by atoms with Gasteiger partial charge >= 0.3 is 0 Å². The van der Waals surface area contributed by atoms with Crippen LogP contribution in [0.25, 0.3) is 77.9 Å². The second-order valence-electron chi connectivity index (χ2n) is 29.6. The molecule has 0 fully saturated rings.